The van der Waals surface area contributed by atoms with E-state index in [4.69, 9.17) is 56.8 Å². The van der Waals surface area contributed by atoms with Crippen LogP contribution in [0.4, 0.5) is 10.1 Å². The van der Waals surface area contributed by atoms with Crippen LogP contribution < -0.4 is 10.6 Å². The molecule has 0 bridgehead atoms. The SMILES string of the molecule is O=C1CCC(N2C(=O)c3cccc(NCCOCCOCCOCCOCCOCCOCCOCCOCCOCCOCCOCCOCCF)c3C2=O)C(=O)N1. The molecule has 1 saturated heterocycles. The van der Waals surface area contributed by atoms with Crippen LogP contribution in [0.2, 0.25) is 0 Å². The highest BCUT2D eigenvalue weighted by Crippen LogP contribution is 2.32. The molecule has 1 unspecified atom stereocenters. The minimum absolute atomic E-state index is 0.0621. The van der Waals surface area contributed by atoms with Crippen LogP contribution in [0.3, 0.4) is 0 Å². The number of alkyl halides is 1. The lowest BCUT2D eigenvalue weighted by atomic mass is 10.0. The zero-order chi connectivity index (χ0) is 42.0. The number of carbonyl (C=O) groups excluding carboxylic acids is 4. The van der Waals surface area contributed by atoms with Crippen LogP contribution in [0, 0.1) is 0 Å². The summed E-state index contributed by atoms with van der Waals surface area (Å²) in [6.07, 6.45) is 0.162. The summed E-state index contributed by atoms with van der Waals surface area (Å²) < 4.78 is 76.9. The number of hydrogen-bond acceptors (Lipinski definition) is 17. The fraction of sp³-hybridized carbons (Fsp3) is 0.744. The van der Waals surface area contributed by atoms with Crippen LogP contribution in [0.5, 0.6) is 0 Å². The molecule has 336 valence electrons. The highest BCUT2D eigenvalue weighted by atomic mass is 19.1. The van der Waals surface area contributed by atoms with Crippen LogP contribution in [0.25, 0.3) is 0 Å². The Balaban J connectivity index is 0.981. The van der Waals surface area contributed by atoms with Gasteiger partial charge in [-0.25, -0.2) is 4.39 Å². The van der Waals surface area contributed by atoms with Gasteiger partial charge in [-0.05, 0) is 18.6 Å². The topological polar surface area (TPSA) is 206 Å². The lowest BCUT2D eigenvalue weighted by Gasteiger charge is -2.27. The molecule has 2 aliphatic rings. The van der Waals surface area contributed by atoms with Gasteiger partial charge in [0.1, 0.15) is 12.7 Å². The summed E-state index contributed by atoms with van der Waals surface area (Å²) >= 11 is 0. The van der Waals surface area contributed by atoms with Crippen LogP contribution in [-0.2, 0) is 66.4 Å². The number of halogens is 1. The van der Waals surface area contributed by atoms with E-state index in [1.165, 1.54) is 0 Å². The molecule has 2 N–H and O–H groups in total. The number of fused-ring (bicyclic) bond motifs is 1. The van der Waals surface area contributed by atoms with E-state index >= 15 is 0 Å². The summed E-state index contributed by atoms with van der Waals surface area (Å²) in [6, 6.07) is 3.89. The Kier molecular flexibility index (Phi) is 28.4. The second-order valence-electron chi connectivity index (χ2n) is 12.6. The van der Waals surface area contributed by atoms with Crippen molar-refractivity contribution in [3.8, 4) is 0 Å². The summed E-state index contributed by atoms with van der Waals surface area (Å²) in [4.78, 5) is 50.9. The van der Waals surface area contributed by atoms with Crippen molar-refractivity contribution in [1.29, 1.82) is 0 Å². The third kappa shape index (κ3) is 21.7. The van der Waals surface area contributed by atoms with Gasteiger partial charge in [0.15, 0.2) is 0 Å². The monoisotopic (exact) mass is 847 g/mol. The number of ether oxygens (including phenoxy) is 12. The Morgan fingerprint density at radius 3 is 1.27 bits per heavy atom. The van der Waals surface area contributed by atoms with E-state index in [0.717, 1.165) is 4.90 Å². The number of nitrogens with zero attached hydrogens (tertiary/aromatic N) is 1. The quantitative estimate of drug-likeness (QED) is 0.0688. The molecule has 20 heteroatoms. The van der Waals surface area contributed by atoms with E-state index < -0.39 is 36.3 Å². The van der Waals surface area contributed by atoms with E-state index in [0.29, 0.717) is 164 Å². The number of hydrogen-bond donors (Lipinski definition) is 2. The number of benzene rings is 1. The molecule has 0 radical (unpaired) electrons. The van der Waals surface area contributed by atoms with Gasteiger partial charge < -0.3 is 62.2 Å². The zero-order valence-electron chi connectivity index (χ0n) is 34.0. The number of carbonyl (C=O) groups is 4. The number of anilines is 1. The van der Waals surface area contributed by atoms with Gasteiger partial charge in [0.2, 0.25) is 11.8 Å². The molecule has 0 spiro atoms. The molecule has 0 aliphatic carbocycles. The Hall–Kier alpha value is -3.25. The second kappa shape index (κ2) is 33.5. The van der Waals surface area contributed by atoms with E-state index in [1.54, 1.807) is 18.2 Å². The van der Waals surface area contributed by atoms with E-state index in [9.17, 15) is 23.6 Å². The lowest BCUT2D eigenvalue weighted by Crippen LogP contribution is -2.54. The first-order valence-electron chi connectivity index (χ1n) is 20.1. The van der Waals surface area contributed by atoms with Crippen LogP contribution >= 0.6 is 0 Å². The maximum atomic E-state index is 13.2. The molecular weight excluding hydrogens is 785 g/mol. The molecule has 1 atom stereocenters. The molecular formula is C39H62FN3O16. The summed E-state index contributed by atoms with van der Waals surface area (Å²) in [7, 11) is 0. The summed E-state index contributed by atoms with van der Waals surface area (Å²) in [5, 5.41) is 5.33. The van der Waals surface area contributed by atoms with Crippen molar-refractivity contribution in [2.45, 2.75) is 18.9 Å². The molecule has 0 aromatic heterocycles. The van der Waals surface area contributed by atoms with Crippen molar-refractivity contribution in [3.05, 3.63) is 29.3 Å². The molecule has 4 amide bonds. The lowest BCUT2D eigenvalue weighted by molar-refractivity contribution is -0.136. The highest BCUT2D eigenvalue weighted by Gasteiger charge is 2.45. The predicted molar refractivity (Wildman–Crippen MR) is 207 cm³/mol. The largest absolute Gasteiger partial charge is 0.382 e. The van der Waals surface area contributed by atoms with Crippen molar-refractivity contribution in [2.24, 2.45) is 0 Å². The summed E-state index contributed by atoms with van der Waals surface area (Å²) in [5.41, 5.74) is 0.895. The number of rotatable bonds is 40. The van der Waals surface area contributed by atoms with Gasteiger partial charge in [0.25, 0.3) is 11.8 Å². The van der Waals surface area contributed by atoms with Gasteiger partial charge >= 0.3 is 0 Å². The molecule has 59 heavy (non-hydrogen) atoms. The second-order valence-corrected chi connectivity index (χ2v) is 12.6. The minimum Gasteiger partial charge on any atom is -0.382 e. The van der Waals surface area contributed by atoms with Crippen molar-refractivity contribution in [3.63, 3.8) is 0 Å². The first kappa shape index (κ1) is 50.1. The molecule has 1 aromatic carbocycles. The maximum Gasteiger partial charge on any atom is 0.264 e. The number of piperidine rings is 1. The number of amides is 4. The third-order valence-corrected chi connectivity index (χ3v) is 8.34. The molecule has 1 aromatic rings. The molecule has 0 saturated carbocycles. The minimum atomic E-state index is -1.01. The first-order valence-corrected chi connectivity index (χ1v) is 20.1. The van der Waals surface area contributed by atoms with Gasteiger partial charge in [-0.3, -0.25) is 29.4 Å². The fourth-order valence-corrected chi connectivity index (χ4v) is 5.50. The van der Waals surface area contributed by atoms with Crippen LogP contribution in [0.1, 0.15) is 33.6 Å². The zero-order valence-corrected chi connectivity index (χ0v) is 34.0. The Bertz CT molecular complexity index is 1310. The van der Waals surface area contributed by atoms with Gasteiger partial charge in [-0.2, -0.15) is 0 Å². The van der Waals surface area contributed by atoms with Crippen molar-refractivity contribution >= 4 is 29.3 Å². The number of nitrogens with one attached hydrogen (secondary N) is 2. The van der Waals surface area contributed by atoms with Gasteiger partial charge in [-0.1, -0.05) is 6.07 Å². The average molecular weight is 848 g/mol. The maximum absolute atomic E-state index is 13.2. The average Bonchev–Trinajstić information content (AvgIpc) is 3.49. The Morgan fingerprint density at radius 2 is 0.898 bits per heavy atom. The molecule has 3 rings (SSSR count). The highest BCUT2D eigenvalue weighted by molar-refractivity contribution is 6.25. The summed E-state index contributed by atoms with van der Waals surface area (Å²) in [5.74, 6) is -2.18. The molecule has 19 nitrogen and oxygen atoms in total. The standard InChI is InChI=1S/C39H62FN3O16/c40-6-8-48-10-12-50-14-16-52-18-20-54-22-24-56-26-28-58-30-31-59-29-27-57-25-23-55-21-19-53-17-15-51-13-11-49-9-7-41-33-3-1-2-32-36(33)39(47)43(38(32)46)34-4-5-35(44)42-37(34)45/h1-3,34,41H,4-31H2,(H,42,44,45). The summed E-state index contributed by atoms with van der Waals surface area (Å²) in [6.45, 7) is 10.1. The van der Waals surface area contributed by atoms with E-state index in [2.05, 4.69) is 10.6 Å². The van der Waals surface area contributed by atoms with Crippen molar-refractivity contribution in [2.75, 3.05) is 177 Å². The van der Waals surface area contributed by atoms with E-state index in [-0.39, 0.29) is 30.6 Å². The first-order chi connectivity index (χ1) is 29.0. The van der Waals surface area contributed by atoms with Gasteiger partial charge in [0, 0.05) is 18.7 Å². The smallest absolute Gasteiger partial charge is 0.264 e. The fourth-order valence-electron chi connectivity index (χ4n) is 5.50. The third-order valence-electron chi connectivity index (χ3n) is 8.34. The Morgan fingerprint density at radius 1 is 0.525 bits per heavy atom. The molecule has 2 aliphatic heterocycles. The Labute approximate surface area is 344 Å². The molecule has 1 fully saturated rings. The van der Waals surface area contributed by atoms with Gasteiger partial charge in [0.05, 0.1) is 170 Å². The van der Waals surface area contributed by atoms with Crippen molar-refractivity contribution in [1.82, 2.24) is 10.2 Å². The van der Waals surface area contributed by atoms with E-state index in [1.807, 2.05) is 0 Å². The number of imide groups is 2. The normalized spacial score (nSPS) is 15.3. The molecule has 2 heterocycles. The van der Waals surface area contributed by atoms with Crippen LogP contribution in [0.15, 0.2) is 18.2 Å². The van der Waals surface area contributed by atoms with Gasteiger partial charge in [-0.15, -0.1) is 0 Å². The van der Waals surface area contributed by atoms with Crippen molar-refractivity contribution < 1.29 is 80.4 Å². The van der Waals surface area contributed by atoms with Crippen LogP contribution in [-0.4, -0.2) is 206 Å². The predicted octanol–water partition coefficient (Wildman–Crippen LogP) is 0.668.